The average molecular weight is 449 g/mol. The van der Waals surface area contributed by atoms with Gasteiger partial charge in [-0.25, -0.2) is 8.78 Å². The van der Waals surface area contributed by atoms with Crippen molar-refractivity contribution < 1.29 is 23.2 Å². The average Bonchev–Trinajstić information content (AvgIpc) is 3.17. The van der Waals surface area contributed by atoms with Crippen molar-refractivity contribution in [3.8, 4) is 0 Å². The molecule has 0 saturated carbocycles. The van der Waals surface area contributed by atoms with Crippen molar-refractivity contribution in [2.75, 3.05) is 38.1 Å². The maximum Gasteiger partial charge on any atom is 0.262 e. The van der Waals surface area contributed by atoms with Crippen LogP contribution in [0.3, 0.4) is 0 Å². The fourth-order valence-electron chi connectivity index (χ4n) is 4.08. The SMILES string of the molecule is CCN1C(=O)CN(C)C(=O)c2c1sc1c2CCN(C(=O)[C@@H]2CC(F)(F)CN2)C1.Cl. The van der Waals surface area contributed by atoms with Gasteiger partial charge in [0.05, 0.1) is 24.7 Å². The zero-order valence-corrected chi connectivity index (χ0v) is 17.8. The van der Waals surface area contributed by atoms with Crippen molar-refractivity contribution >= 4 is 46.5 Å². The largest absolute Gasteiger partial charge is 0.336 e. The second-order valence-corrected chi connectivity index (χ2v) is 8.57. The van der Waals surface area contributed by atoms with Gasteiger partial charge in [0, 0.05) is 31.4 Å². The predicted octanol–water partition coefficient (Wildman–Crippen LogP) is 1.49. The number of thiophene rings is 1. The van der Waals surface area contributed by atoms with Gasteiger partial charge in [-0.2, -0.15) is 0 Å². The molecule has 160 valence electrons. The lowest BCUT2D eigenvalue weighted by atomic mass is 10.0. The molecule has 11 heteroatoms. The molecule has 1 atom stereocenters. The van der Waals surface area contributed by atoms with E-state index in [1.807, 2.05) is 6.92 Å². The van der Waals surface area contributed by atoms with Gasteiger partial charge in [-0.05, 0) is 18.9 Å². The molecule has 1 N–H and O–H groups in total. The minimum atomic E-state index is -2.86. The first-order valence-corrected chi connectivity index (χ1v) is 10.1. The molecule has 7 nitrogen and oxygen atoms in total. The number of likely N-dealkylation sites (N-methyl/N-ethyl adjacent to an activating group) is 2. The van der Waals surface area contributed by atoms with Gasteiger partial charge < -0.3 is 14.7 Å². The molecule has 0 aromatic carbocycles. The second-order valence-electron chi connectivity index (χ2n) is 7.49. The van der Waals surface area contributed by atoms with E-state index in [1.54, 1.807) is 16.8 Å². The van der Waals surface area contributed by atoms with E-state index in [-0.39, 0.29) is 43.2 Å². The maximum atomic E-state index is 13.4. The summed E-state index contributed by atoms with van der Waals surface area (Å²) < 4.78 is 26.9. The number of halogens is 3. The number of carbonyl (C=O) groups excluding carboxylic acids is 3. The quantitative estimate of drug-likeness (QED) is 0.744. The van der Waals surface area contributed by atoms with E-state index in [0.29, 0.717) is 30.1 Å². The van der Waals surface area contributed by atoms with Crippen molar-refractivity contribution in [1.29, 1.82) is 0 Å². The van der Waals surface area contributed by atoms with Gasteiger partial charge in [0.25, 0.3) is 11.8 Å². The number of anilines is 1. The van der Waals surface area contributed by atoms with Crippen molar-refractivity contribution in [3.63, 3.8) is 0 Å². The third-order valence-corrected chi connectivity index (χ3v) is 6.79. The molecular weight excluding hydrogens is 426 g/mol. The monoisotopic (exact) mass is 448 g/mol. The van der Waals surface area contributed by atoms with E-state index in [2.05, 4.69) is 5.32 Å². The van der Waals surface area contributed by atoms with Crippen LogP contribution in [0.1, 0.15) is 34.1 Å². The number of alkyl halides is 2. The topological polar surface area (TPSA) is 73.0 Å². The summed E-state index contributed by atoms with van der Waals surface area (Å²) in [5.41, 5.74) is 1.42. The van der Waals surface area contributed by atoms with Crippen LogP contribution >= 0.6 is 23.7 Å². The van der Waals surface area contributed by atoms with Crippen LogP contribution < -0.4 is 10.2 Å². The molecule has 3 amide bonds. The summed E-state index contributed by atoms with van der Waals surface area (Å²) in [5.74, 6) is -3.52. The predicted molar refractivity (Wildman–Crippen MR) is 107 cm³/mol. The van der Waals surface area contributed by atoms with Gasteiger partial charge in [-0.15, -0.1) is 23.7 Å². The number of nitrogens with zero attached hydrogens (tertiary/aromatic N) is 3. The summed E-state index contributed by atoms with van der Waals surface area (Å²) in [6.45, 7) is 2.52. The van der Waals surface area contributed by atoms with E-state index in [1.165, 1.54) is 16.2 Å². The summed E-state index contributed by atoms with van der Waals surface area (Å²) in [6.07, 6.45) is -0.0150. The van der Waals surface area contributed by atoms with Crippen LogP contribution in [0.25, 0.3) is 0 Å². The lowest BCUT2D eigenvalue weighted by molar-refractivity contribution is -0.134. The Hall–Kier alpha value is -1.78. The van der Waals surface area contributed by atoms with Crippen LogP contribution in [-0.2, 0) is 22.6 Å². The lowest BCUT2D eigenvalue weighted by Gasteiger charge is -2.29. The zero-order chi connectivity index (χ0) is 20.2. The number of amides is 3. The highest BCUT2D eigenvalue weighted by molar-refractivity contribution is 7.17. The van der Waals surface area contributed by atoms with Gasteiger partial charge >= 0.3 is 0 Å². The molecule has 0 aliphatic carbocycles. The van der Waals surface area contributed by atoms with E-state index < -0.39 is 24.9 Å². The molecular formula is C18H23ClF2N4O3S. The minimum absolute atomic E-state index is 0. The van der Waals surface area contributed by atoms with Crippen LogP contribution in [-0.4, -0.2) is 72.7 Å². The first-order valence-electron chi connectivity index (χ1n) is 9.32. The number of fused-ring (bicyclic) bond motifs is 3. The Morgan fingerprint density at radius 2 is 2.03 bits per heavy atom. The van der Waals surface area contributed by atoms with Gasteiger partial charge in [-0.3, -0.25) is 19.7 Å². The molecule has 4 rings (SSSR count). The zero-order valence-electron chi connectivity index (χ0n) is 16.2. The summed E-state index contributed by atoms with van der Waals surface area (Å²) in [4.78, 5) is 43.5. The Bertz CT molecular complexity index is 862. The van der Waals surface area contributed by atoms with Gasteiger partial charge in [0.2, 0.25) is 11.8 Å². The summed E-state index contributed by atoms with van der Waals surface area (Å²) >= 11 is 1.35. The Balaban J connectivity index is 0.00000240. The Morgan fingerprint density at radius 1 is 1.31 bits per heavy atom. The highest BCUT2D eigenvalue weighted by Gasteiger charge is 2.44. The molecule has 1 saturated heterocycles. The van der Waals surface area contributed by atoms with E-state index in [0.717, 1.165) is 10.4 Å². The molecule has 29 heavy (non-hydrogen) atoms. The van der Waals surface area contributed by atoms with Gasteiger partial charge in [0.1, 0.15) is 11.5 Å². The van der Waals surface area contributed by atoms with Gasteiger partial charge in [0.15, 0.2) is 0 Å². The normalized spacial score (nSPS) is 23.4. The highest BCUT2D eigenvalue weighted by Crippen LogP contribution is 2.41. The van der Waals surface area contributed by atoms with E-state index >= 15 is 0 Å². The Labute approximate surface area is 177 Å². The third kappa shape index (κ3) is 3.73. The second kappa shape index (κ2) is 7.81. The van der Waals surface area contributed by atoms with Crippen LogP contribution in [0.5, 0.6) is 0 Å². The molecule has 0 unspecified atom stereocenters. The number of hydrogen-bond acceptors (Lipinski definition) is 5. The third-order valence-electron chi connectivity index (χ3n) is 5.55. The number of rotatable bonds is 2. The fourth-order valence-corrected chi connectivity index (χ4v) is 5.52. The van der Waals surface area contributed by atoms with Crippen LogP contribution in [0.2, 0.25) is 0 Å². The molecule has 3 aliphatic rings. The number of hydrogen-bond donors (Lipinski definition) is 1. The number of carbonyl (C=O) groups is 3. The summed E-state index contributed by atoms with van der Waals surface area (Å²) in [6, 6.07) is -0.879. The summed E-state index contributed by atoms with van der Waals surface area (Å²) in [5, 5.41) is 3.24. The molecule has 0 spiro atoms. The van der Waals surface area contributed by atoms with Crippen LogP contribution in [0, 0.1) is 0 Å². The van der Waals surface area contributed by atoms with Crippen molar-refractivity contribution in [3.05, 3.63) is 16.0 Å². The maximum absolute atomic E-state index is 13.4. The Morgan fingerprint density at radius 3 is 2.66 bits per heavy atom. The fraction of sp³-hybridized carbons (Fsp3) is 0.611. The van der Waals surface area contributed by atoms with Gasteiger partial charge in [-0.1, -0.05) is 0 Å². The first kappa shape index (κ1) is 21.9. The van der Waals surface area contributed by atoms with Crippen LogP contribution in [0.4, 0.5) is 13.8 Å². The molecule has 1 fully saturated rings. The molecule has 4 heterocycles. The highest BCUT2D eigenvalue weighted by atomic mass is 35.5. The van der Waals surface area contributed by atoms with Crippen LogP contribution in [0.15, 0.2) is 0 Å². The Kier molecular flexibility index (Phi) is 5.90. The van der Waals surface area contributed by atoms with E-state index in [9.17, 15) is 23.2 Å². The van der Waals surface area contributed by atoms with Crippen molar-refractivity contribution in [1.82, 2.24) is 15.1 Å². The smallest absolute Gasteiger partial charge is 0.262 e. The summed E-state index contributed by atoms with van der Waals surface area (Å²) in [7, 11) is 1.61. The minimum Gasteiger partial charge on any atom is -0.336 e. The van der Waals surface area contributed by atoms with E-state index in [4.69, 9.17) is 0 Å². The molecule has 1 aromatic rings. The molecule has 0 radical (unpaired) electrons. The standard InChI is InChI=1S/C18H22F2N4O3S.ClH/c1-3-24-13(25)8-22(2)16(27)14-10-4-5-23(7-12(10)28-17(14)24)15(26)11-6-18(19,20)9-21-11;/h11,21H,3-9H2,1-2H3;1H/t11-;/m0./s1. The molecule has 3 aliphatic heterocycles. The lowest BCUT2D eigenvalue weighted by Crippen LogP contribution is -2.45. The molecule has 0 bridgehead atoms. The number of nitrogens with one attached hydrogen (secondary N) is 1. The van der Waals surface area contributed by atoms with Crippen molar-refractivity contribution in [2.24, 2.45) is 0 Å². The molecule has 1 aromatic heterocycles. The van der Waals surface area contributed by atoms with Crippen molar-refractivity contribution in [2.45, 2.75) is 38.3 Å². The first-order chi connectivity index (χ1) is 13.2.